The number of hydrogen-bond acceptors (Lipinski definition) is 1. The number of aromatic nitrogens is 1. The molecule has 0 atom stereocenters. The summed E-state index contributed by atoms with van der Waals surface area (Å²) < 4.78 is 2.37. The van der Waals surface area contributed by atoms with E-state index in [-0.39, 0.29) is 0 Å². The van der Waals surface area contributed by atoms with Crippen molar-refractivity contribution in [1.29, 1.82) is 0 Å². The van der Waals surface area contributed by atoms with Gasteiger partial charge in [-0.1, -0.05) is 54.6 Å². The maximum Gasteiger partial charge on any atom is 0.0541 e. The molecular formula is C25H19NS. The number of rotatable bonds is 2. The Morgan fingerprint density at radius 2 is 1.22 bits per heavy atom. The quantitative estimate of drug-likeness (QED) is 0.320. The summed E-state index contributed by atoms with van der Waals surface area (Å²) in [4.78, 5) is 0.981. The summed E-state index contributed by atoms with van der Waals surface area (Å²) in [5.41, 5.74) is 7.34. The fourth-order valence-electron chi connectivity index (χ4n) is 3.91. The molecule has 0 aliphatic heterocycles. The highest BCUT2D eigenvalue weighted by Gasteiger charge is 2.12. The minimum Gasteiger partial charge on any atom is -0.309 e. The third-order valence-corrected chi connectivity index (χ3v) is 5.40. The van der Waals surface area contributed by atoms with Gasteiger partial charge in [0.2, 0.25) is 0 Å². The molecule has 0 fully saturated rings. The first kappa shape index (κ1) is 16.2. The van der Waals surface area contributed by atoms with Crippen LogP contribution in [0.3, 0.4) is 0 Å². The topological polar surface area (TPSA) is 4.93 Å². The van der Waals surface area contributed by atoms with Crippen molar-refractivity contribution in [1.82, 2.24) is 4.57 Å². The van der Waals surface area contributed by atoms with Crippen molar-refractivity contribution in [2.24, 2.45) is 0 Å². The zero-order chi connectivity index (χ0) is 18.4. The second kappa shape index (κ2) is 6.33. The standard InChI is InChI=1S/C25H19NS/c1-17-14-19(18-10-12-21(27)13-11-18)16-20(15-17)26-24-8-4-2-6-22(24)23-7-3-5-9-25(23)26/h2-16,27H,1H3. The van der Waals surface area contributed by atoms with Crippen molar-refractivity contribution < 1.29 is 0 Å². The molecule has 0 saturated carbocycles. The van der Waals surface area contributed by atoms with Crippen molar-refractivity contribution in [3.05, 3.63) is 96.6 Å². The van der Waals surface area contributed by atoms with Crippen molar-refractivity contribution in [2.75, 3.05) is 0 Å². The summed E-state index contributed by atoms with van der Waals surface area (Å²) in [5.74, 6) is 0. The van der Waals surface area contributed by atoms with Gasteiger partial charge in [-0.05, 0) is 60.0 Å². The summed E-state index contributed by atoms with van der Waals surface area (Å²) in [6.45, 7) is 2.16. The normalized spacial score (nSPS) is 11.3. The molecule has 1 heterocycles. The molecular weight excluding hydrogens is 346 g/mol. The number of para-hydroxylation sites is 2. The van der Waals surface area contributed by atoms with Crippen LogP contribution in [0, 0.1) is 6.92 Å². The highest BCUT2D eigenvalue weighted by atomic mass is 32.1. The van der Waals surface area contributed by atoms with Gasteiger partial charge in [0, 0.05) is 21.4 Å². The molecule has 0 aliphatic carbocycles. The van der Waals surface area contributed by atoms with Gasteiger partial charge in [0.25, 0.3) is 0 Å². The molecule has 0 radical (unpaired) electrons. The van der Waals surface area contributed by atoms with Crippen LogP contribution in [0.1, 0.15) is 5.56 Å². The first-order chi connectivity index (χ1) is 13.2. The van der Waals surface area contributed by atoms with E-state index in [0.29, 0.717) is 0 Å². The minimum atomic E-state index is 0.981. The van der Waals surface area contributed by atoms with E-state index in [1.807, 2.05) is 12.1 Å². The van der Waals surface area contributed by atoms with Gasteiger partial charge in [-0.2, -0.15) is 0 Å². The average molecular weight is 366 g/mol. The predicted molar refractivity (Wildman–Crippen MR) is 118 cm³/mol. The molecule has 2 heteroatoms. The van der Waals surface area contributed by atoms with Gasteiger partial charge in [0.05, 0.1) is 11.0 Å². The van der Waals surface area contributed by atoms with Crippen LogP contribution >= 0.6 is 12.6 Å². The molecule has 0 amide bonds. The molecule has 0 bridgehead atoms. The summed E-state index contributed by atoms with van der Waals surface area (Å²) in [5, 5.41) is 2.58. The van der Waals surface area contributed by atoms with E-state index in [2.05, 4.69) is 103 Å². The monoisotopic (exact) mass is 365 g/mol. The second-order valence-electron chi connectivity index (χ2n) is 6.97. The van der Waals surface area contributed by atoms with Gasteiger partial charge in [0.15, 0.2) is 0 Å². The Balaban J connectivity index is 1.81. The lowest BCUT2D eigenvalue weighted by Gasteiger charge is -2.12. The molecule has 0 aliphatic rings. The number of thiol groups is 1. The molecule has 0 unspecified atom stereocenters. The third-order valence-electron chi connectivity index (χ3n) is 5.10. The Kier molecular flexibility index (Phi) is 3.80. The lowest BCUT2D eigenvalue weighted by atomic mass is 10.0. The largest absolute Gasteiger partial charge is 0.309 e. The molecule has 0 spiro atoms. The minimum absolute atomic E-state index is 0.981. The lowest BCUT2D eigenvalue weighted by molar-refractivity contribution is 1.17. The number of hydrogen-bond donors (Lipinski definition) is 1. The van der Waals surface area contributed by atoms with Crippen LogP contribution in [-0.2, 0) is 0 Å². The zero-order valence-corrected chi connectivity index (χ0v) is 15.9. The Morgan fingerprint density at radius 3 is 1.85 bits per heavy atom. The van der Waals surface area contributed by atoms with Crippen molar-refractivity contribution in [3.8, 4) is 16.8 Å². The highest BCUT2D eigenvalue weighted by molar-refractivity contribution is 7.80. The van der Waals surface area contributed by atoms with E-state index < -0.39 is 0 Å². The summed E-state index contributed by atoms with van der Waals surface area (Å²) in [6, 6.07) is 32.4. The Hall–Kier alpha value is -2.97. The van der Waals surface area contributed by atoms with Crippen LogP contribution in [0.2, 0.25) is 0 Å². The molecule has 0 saturated heterocycles. The SMILES string of the molecule is Cc1cc(-c2ccc(S)cc2)cc(-n2c3ccccc3c3ccccc32)c1. The zero-order valence-electron chi connectivity index (χ0n) is 15.1. The van der Waals surface area contributed by atoms with Crippen LogP contribution in [-0.4, -0.2) is 4.57 Å². The number of fused-ring (bicyclic) bond motifs is 3. The van der Waals surface area contributed by atoms with Gasteiger partial charge >= 0.3 is 0 Å². The summed E-state index contributed by atoms with van der Waals surface area (Å²) in [7, 11) is 0. The highest BCUT2D eigenvalue weighted by Crippen LogP contribution is 2.33. The summed E-state index contributed by atoms with van der Waals surface area (Å²) in [6.07, 6.45) is 0. The van der Waals surface area contributed by atoms with E-state index in [0.717, 1.165) is 4.90 Å². The summed E-state index contributed by atoms with van der Waals surface area (Å²) >= 11 is 4.41. The van der Waals surface area contributed by atoms with Gasteiger partial charge in [-0.15, -0.1) is 12.6 Å². The van der Waals surface area contributed by atoms with E-state index in [4.69, 9.17) is 0 Å². The van der Waals surface area contributed by atoms with Crippen LogP contribution in [0.15, 0.2) is 95.9 Å². The van der Waals surface area contributed by atoms with Crippen LogP contribution < -0.4 is 0 Å². The predicted octanol–water partition coefficient (Wildman–Crippen LogP) is 7.05. The molecule has 0 N–H and O–H groups in total. The maximum absolute atomic E-state index is 4.41. The first-order valence-electron chi connectivity index (χ1n) is 9.10. The Labute approximate surface area is 164 Å². The van der Waals surface area contributed by atoms with E-state index in [9.17, 15) is 0 Å². The molecule has 1 nitrogen and oxygen atoms in total. The number of nitrogens with zero attached hydrogens (tertiary/aromatic N) is 1. The van der Waals surface area contributed by atoms with Crippen LogP contribution in [0.25, 0.3) is 38.6 Å². The van der Waals surface area contributed by atoms with Gasteiger partial charge in [-0.3, -0.25) is 0 Å². The van der Waals surface area contributed by atoms with Crippen LogP contribution in [0.5, 0.6) is 0 Å². The Morgan fingerprint density at radius 1 is 0.630 bits per heavy atom. The van der Waals surface area contributed by atoms with E-state index >= 15 is 0 Å². The molecule has 1 aromatic heterocycles. The first-order valence-corrected chi connectivity index (χ1v) is 9.55. The van der Waals surface area contributed by atoms with Crippen molar-refractivity contribution in [3.63, 3.8) is 0 Å². The fraction of sp³-hybridized carbons (Fsp3) is 0.0400. The average Bonchev–Trinajstić information content (AvgIpc) is 3.03. The lowest BCUT2D eigenvalue weighted by Crippen LogP contribution is -1.95. The van der Waals surface area contributed by atoms with Gasteiger partial charge in [-0.25, -0.2) is 0 Å². The molecule has 130 valence electrons. The van der Waals surface area contributed by atoms with E-state index in [1.165, 1.54) is 44.2 Å². The molecule has 4 aromatic carbocycles. The van der Waals surface area contributed by atoms with Gasteiger partial charge < -0.3 is 4.57 Å². The number of aryl methyl sites for hydroxylation is 1. The third kappa shape index (κ3) is 2.73. The Bertz CT molecular complexity index is 1230. The van der Waals surface area contributed by atoms with E-state index in [1.54, 1.807) is 0 Å². The van der Waals surface area contributed by atoms with Gasteiger partial charge in [0.1, 0.15) is 0 Å². The molecule has 5 rings (SSSR count). The smallest absolute Gasteiger partial charge is 0.0541 e. The fourth-order valence-corrected chi connectivity index (χ4v) is 4.06. The second-order valence-corrected chi connectivity index (χ2v) is 7.49. The van der Waals surface area contributed by atoms with Crippen LogP contribution in [0.4, 0.5) is 0 Å². The number of benzene rings is 4. The molecule has 5 aromatic rings. The van der Waals surface area contributed by atoms with Crippen molar-refractivity contribution >= 4 is 34.4 Å². The van der Waals surface area contributed by atoms with Crippen molar-refractivity contribution in [2.45, 2.75) is 11.8 Å². The maximum atomic E-state index is 4.41. The molecule has 27 heavy (non-hydrogen) atoms.